The maximum Gasteiger partial charge on any atom is 0.216 e. The number of H-pyrrole nitrogens is 2. The van der Waals surface area contributed by atoms with Gasteiger partial charge in [-0.05, 0) is 42.9 Å². The average molecular weight is 319 g/mol. The molecule has 0 fully saturated rings. The molecular formula is C13H11ClN6S. The van der Waals surface area contributed by atoms with Crippen LogP contribution in [0.1, 0.15) is 11.3 Å². The van der Waals surface area contributed by atoms with Gasteiger partial charge in [-0.3, -0.25) is 5.10 Å². The van der Waals surface area contributed by atoms with Crippen molar-refractivity contribution in [1.82, 2.24) is 25.1 Å². The Morgan fingerprint density at radius 2 is 2.14 bits per heavy atom. The standard InChI is InChI=1S/C13H11ClN6S/c1-8-5-11(17-16-8)12-18-19-13(21)20(12)15-7-9-3-2-4-10(14)6-9/h2-7H,1H3,(H,16,17)(H,19,21)/b15-7+. The molecule has 106 valence electrons. The third kappa shape index (κ3) is 2.93. The van der Waals surface area contributed by atoms with Gasteiger partial charge >= 0.3 is 0 Å². The van der Waals surface area contributed by atoms with Crippen molar-refractivity contribution < 1.29 is 0 Å². The van der Waals surface area contributed by atoms with Gasteiger partial charge < -0.3 is 0 Å². The topological polar surface area (TPSA) is 74.7 Å². The Bertz CT molecular complexity index is 859. The van der Waals surface area contributed by atoms with Gasteiger partial charge in [0.15, 0.2) is 0 Å². The van der Waals surface area contributed by atoms with Crippen molar-refractivity contribution in [3.05, 3.63) is 51.4 Å². The van der Waals surface area contributed by atoms with E-state index >= 15 is 0 Å². The quantitative estimate of drug-likeness (QED) is 0.575. The van der Waals surface area contributed by atoms with Crippen LogP contribution >= 0.6 is 23.8 Å². The molecule has 0 bridgehead atoms. The molecule has 0 atom stereocenters. The highest BCUT2D eigenvalue weighted by Crippen LogP contribution is 2.15. The minimum atomic E-state index is 0.393. The Balaban J connectivity index is 1.99. The first-order valence-corrected chi connectivity index (χ1v) is 6.92. The Morgan fingerprint density at radius 3 is 2.86 bits per heavy atom. The molecule has 0 aliphatic heterocycles. The molecule has 2 N–H and O–H groups in total. The van der Waals surface area contributed by atoms with Crippen molar-refractivity contribution in [3.8, 4) is 11.5 Å². The van der Waals surface area contributed by atoms with Crippen LogP contribution in [-0.4, -0.2) is 31.3 Å². The molecule has 0 spiro atoms. The zero-order valence-corrected chi connectivity index (χ0v) is 12.6. The lowest BCUT2D eigenvalue weighted by Gasteiger charge is -1.97. The van der Waals surface area contributed by atoms with Crippen LogP contribution in [0.25, 0.3) is 11.5 Å². The van der Waals surface area contributed by atoms with Crippen molar-refractivity contribution in [2.45, 2.75) is 6.92 Å². The zero-order valence-electron chi connectivity index (χ0n) is 11.0. The first-order chi connectivity index (χ1) is 10.1. The maximum absolute atomic E-state index is 5.94. The Kier molecular flexibility index (Phi) is 3.68. The van der Waals surface area contributed by atoms with Gasteiger partial charge in [0.25, 0.3) is 0 Å². The second-order valence-corrected chi connectivity index (χ2v) is 5.22. The van der Waals surface area contributed by atoms with E-state index in [-0.39, 0.29) is 0 Å². The summed E-state index contributed by atoms with van der Waals surface area (Å²) in [5.74, 6) is 0.544. The fourth-order valence-electron chi connectivity index (χ4n) is 1.81. The van der Waals surface area contributed by atoms with Gasteiger partial charge in [0, 0.05) is 10.7 Å². The number of nitrogens with zero attached hydrogens (tertiary/aromatic N) is 4. The highest BCUT2D eigenvalue weighted by atomic mass is 35.5. The Morgan fingerprint density at radius 1 is 1.29 bits per heavy atom. The molecule has 0 saturated heterocycles. The monoisotopic (exact) mass is 318 g/mol. The molecule has 0 amide bonds. The molecule has 3 aromatic rings. The van der Waals surface area contributed by atoms with Crippen molar-refractivity contribution in [1.29, 1.82) is 0 Å². The Hall–Kier alpha value is -2.25. The first kappa shape index (κ1) is 13.7. The van der Waals surface area contributed by atoms with E-state index in [0.717, 1.165) is 11.3 Å². The molecule has 6 nitrogen and oxygen atoms in total. The number of aromatic nitrogens is 5. The second kappa shape index (κ2) is 5.63. The summed E-state index contributed by atoms with van der Waals surface area (Å²) in [6, 6.07) is 9.25. The highest BCUT2D eigenvalue weighted by molar-refractivity contribution is 7.71. The summed E-state index contributed by atoms with van der Waals surface area (Å²) >= 11 is 11.1. The molecule has 8 heteroatoms. The lowest BCUT2D eigenvalue weighted by molar-refractivity contribution is 0.865. The summed E-state index contributed by atoms with van der Waals surface area (Å²) in [5, 5.41) is 18.9. The summed E-state index contributed by atoms with van der Waals surface area (Å²) in [6.45, 7) is 1.91. The SMILES string of the molecule is Cc1cc(-c2n[nH]c(=S)n2/N=C/c2cccc(Cl)c2)n[nH]1. The second-order valence-electron chi connectivity index (χ2n) is 4.40. The smallest absolute Gasteiger partial charge is 0.216 e. The minimum absolute atomic E-state index is 0.393. The molecule has 0 saturated carbocycles. The number of hydrogen-bond donors (Lipinski definition) is 2. The van der Waals surface area contributed by atoms with Crippen LogP contribution in [0.4, 0.5) is 0 Å². The van der Waals surface area contributed by atoms with Gasteiger partial charge in [0.2, 0.25) is 10.6 Å². The number of aromatic amines is 2. The summed E-state index contributed by atoms with van der Waals surface area (Å²) < 4.78 is 1.91. The van der Waals surface area contributed by atoms with Crippen LogP contribution < -0.4 is 0 Å². The van der Waals surface area contributed by atoms with Gasteiger partial charge in [-0.15, -0.1) is 0 Å². The molecule has 21 heavy (non-hydrogen) atoms. The summed E-state index contributed by atoms with van der Waals surface area (Å²) in [4.78, 5) is 0. The molecule has 2 heterocycles. The predicted octanol–water partition coefficient (Wildman–Crippen LogP) is 3.17. The molecule has 0 unspecified atom stereocenters. The summed E-state index contributed by atoms with van der Waals surface area (Å²) in [5.41, 5.74) is 2.47. The number of hydrogen-bond acceptors (Lipinski definition) is 4. The van der Waals surface area contributed by atoms with Crippen molar-refractivity contribution in [2.75, 3.05) is 0 Å². The molecule has 0 aliphatic rings. The van der Waals surface area contributed by atoms with E-state index < -0.39 is 0 Å². The zero-order chi connectivity index (χ0) is 14.8. The predicted molar refractivity (Wildman–Crippen MR) is 84.2 cm³/mol. The van der Waals surface area contributed by atoms with E-state index in [1.54, 1.807) is 12.3 Å². The largest absolute Gasteiger partial charge is 0.282 e. The van der Waals surface area contributed by atoms with E-state index in [0.29, 0.717) is 21.3 Å². The van der Waals surface area contributed by atoms with Crippen LogP contribution in [0.3, 0.4) is 0 Å². The minimum Gasteiger partial charge on any atom is -0.282 e. The summed E-state index contributed by atoms with van der Waals surface area (Å²) in [6.07, 6.45) is 1.67. The number of halogens is 1. The van der Waals surface area contributed by atoms with E-state index in [1.165, 1.54) is 4.68 Å². The van der Waals surface area contributed by atoms with E-state index in [9.17, 15) is 0 Å². The van der Waals surface area contributed by atoms with Gasteiger partial charge in [-0.25, -0.2) is 5.10 Å². The molecular weight excluding hydrogens is 308 g/mol. The Labute approximate surface area is 130 Å². The highest BCUT2D eigenvalue weighted by Gasteiger charge is 2.10. The third-order valence-electron chi connectivity index (χ3n) is 2.76. The van der Waals surface area contributed by atoms with Crippen LogP contribution in [-0.2, 0) is 0 Å². The van der Waals surface area contributed by atoms with Gasteiger partial charge in [-0.1, -0.05) is 23.7 Å². The van der Waals surface area contributed by atoms with Gasteiger partial charge in [0.1, 0.15) is 5.69 Å². The maximum atomic E-state index is 5.94. The van der Waals surface area contributed by atoms with Crippen molar-refractivity contribution in [2.24, 2.45) is 5.10 Å². The third-order valence-corrected chi connectivity index (χ3v) is 3.26. The number of aryl methyl sites for hydroxylation is 1. The first-order valence-electron chi connectivity index (χ1n) is 6.13. The summed E-state index contributed by atoms with van der Waals surface area (Å²) in [7, 11) is 0. The fraction of sp³-hybridized carbons (Fsp3) is 0.0769. The number of benzene rings is 1. The van der Waals surface area contributed by atoms with Gasteiger partial charge in [0.05, 0.1) is 6.21 Å². The molecule has 0 radical (unpaired) electrons. The molecule has 0 aliphatic carbocycles. The van der Waals surface area contributed by atoms with E-state index in [2.05, 4.69) is 25.5 Å². The molecule has 2 aromatic heterocycles. The van der Waals surface area contributed by atoms with Crippen molar-refractivity contribution in [3.63, 3.8) is 0 Å². The average Bonchev–Trinajstić information content (AvgIpc) is 3.03. The fourth-order valence-corrected chi connectivity index (χ4v) is 2.19. The van der Waals surface area contributed by atoms with Crippen LogP contribution in [0.2, 0.25) is 5.02 Å². The van der Waals surface area contributed by atoms with Gasteiger partial charge in [-0.2, -0.15) is 20.0 Å². The van der Waals surface area contributed by atoms with E-state index in [1.807, 2.05) is 31.2 Å². The molecule has 1 aromatic carbocycles. The normalized spacial score (nSPS) is 11.3. The van der Waals surface area contributed by atoms with Crippen LogP contribution in [0, 0.1) is 11.7 Å². The number of rotatable bonds is 3. The molecule has 3 rings (SSSR count). The number of nitrogens with one attached hydrogen (secondary N) is 2. The lowest BCUT2D eigenvalue weighted by Crippen LogP contribution is -1.95. The lowest BCUT2D eigenvalue weighted by atomic mass is 10.2. The van der Waals surface area contributed by atoms with E-state index in [4.69, 9.17) is 23.8 Å². The van der Waals surface area contributed by atoms with Crippen LogP contribution in [0.5, 0.6) is 0 Å². The van der Waals surface area contributed by atoms with Crippen LogP contribution in [0.15, 0.2) is 35.4 Å². The van der Waals surface area contributed by atoms with Crippen molar-refractivity contribution >= 4 is 30.0 Å².